The van der Waals surface area contributed by atoms with Gasteiger partial charge in [0.1, 0.15) is 17.3 Å². The van der Waals surface area contributed by atoms with Gasteiger partial charge < -0.3 is 14.8 Å². The highest BCUT2D eigenvalue weighted by Crippen LogP contribution is 2.21. The zero-order valence-corrected chi connectivity index (χ0v) is 12.2. The Bertz CT molecular complexity index is 543. The molecule has 0 aliphatic rings. The number of hydrogen-bond acceptors (Lipinski definition) is 4. The number of phenols is 1. The number of nitrogens with one attached hydrogen (secondary N) is 1. The number of thioether (sulfide) groups is 1. The van der Waals surface area contributed by atoms with Gasteiger partial charge in [-0.25, -0.2) is 0 Å². The predicted molar refractivity (Wildman–Crippen MR) is 79.5 cm³/mol. The largest absolute Gasteiger partial charge is 0.508 e. The van der Waals surface area contributed by atoms with Gasteiger partial charge in [0.2, 0.25) is 0 Å². The van der Waals surface area contributed by atoms with Crippen molar-refractivity contribution >= 4 is 11.8 Å². The fourth-order valence-electron chi connectivity index (χ4n) is 1.85. The molecule has 2 rings (SSSR count). The van der Waals surface area contributed by atoms with Crippen LogP contribution in [0.2, 0.25) is 0 Å². The predicted octanol–water partition coefficient (Wildman–Crippen LogP) is 3.77. The molecule has 114 valence electrons. The number of alkyl halides is 2. The highest BCUT2D eigenvalue weighted by atomic mass is 32.2. The van der Waals surface area contributed by atoms with E-state index in [0.29, 0.717) is 24.1 Å². The Morgan fingerprint density at radius 1 is 1.10 bits per heavy atom. The van der Waals surface area contributed by atoms with Gasteiger partial charge in [0.15, 0.2) is 0 Å². The van der Waals surface area contributed by atoms with Crippen LogP contribution in [0.25, 0.3) is 0 Å². The van der Waals surface area contributed by atoms with Crippen LogP contribution < -0.4 is 5.32 Å². The van der Waals surface area contributed by atoms with E-state index in [1.165, 1.54) is 0 Å². The molecule has 0 unspecified atom stereocenters. The monoisotopic (exact) mass is 313 g/mol. The minimum absolute atomic E-state index is 0.186. The van der Waals surface area contributed by atoms with Crippen molar-refractivity contribution < 1.29 is 18.3 Å². The number of halogens is 2. The van der Waals surface area contributed by atoms with Crippen molar-refractivity contribution in [3.05, 3.63) is 53.5 Å². The molecule has 0 saturated heterocycles. The average Bonchev–Trinajstić information content (AvgIpc) is 2.91. The standard InChI is InChI=1S/C15H17F2NO2S/c16-15(17)21-10-14-6-5-13(20-14)9-18-8-7-11-1-3-12(19)4-2-11/h1-6,15,18-19H,7-10H2. The molecule has 0 aliphatic carbocycles. The van der Waals surface area contributed by atoms with Crippen LogP contribution in [-0.2, 0) is 18.7 Å². The van der Waals surface area contributed by atoms with Gasteiger partial charge in [-0.05, 0) is 42.8 Å². The summed E-state index contributed by atoms with van der Waals surface area (Å²) in [6, 6.07) is 10.6. The van der Waals surface area contributed by atoms with Gasteiger partial charge >= 0.3 is 0 Å². The summed E-state index contributed by atoms with van der Waals surface area (Å²) in [5.41, 5.74) is 1.13. The van der Waals surface area contributed by atoms with Crippen molar-refractivity contribution in [2.45, 2.75) is 24.5 Å². The molecule has 3 nitrogen and oxygen atoms in total. The molecule has 0 amide bonds. The molecular formula is C15H17F2NO2S. The van der Waals surface area contributed by atoms with Gasteiger partial charge in [0.05, 0.1) is 12.3 Å². The van der Waals surface area contributed by atoms with E-state index >= 15 is 0 Å². The van der Waals surface area contributed by atoms with Crippen LogP contribution in [0.15, 0.2) is 40.8 Å². The Morgan fingerprint density at radius 2 is 1.81 bits per heavy atom. The van der Waals surface area contributed by atoms with Gasteiger partial charge in [-0.15, -0.1) is 0 Å². The SMILES string of the molecule is Oc1ccc(CCNCc2ccc(CSC(F)F)o2)cc1. The lowest BCUT2D eigenvalue weighted by Crippen LogP contribution is -2.16. The number of rotatable bonds is 8. The molecule has 2 N–H and O–H groups in total. The van der Waals surface area contributed by atoms with Crippen molar-refractivity contribution in [2.24, 2.45) is 0 Å². The molecule has 1 heterocycles. The molecule has 2 aromatic rings. The third-order valence-corrected chi connectivity index (χ3v) is 3.60. The molecule has 21 heavy (non-hydrogen) atoms. The molecule has 0 aliphatic heterocycles. The maximum atomic E-state index is 12.1. The van der Waals surface area contributed by atoms with Gasteiger partial charge in [0, 0.05) is 0 Å². The van der Waals surface area contributed by atoms with E-state index in [4.69, 9.17) is 4.42 Å². The van der Waals surface area contributed by atoms with Crippen molar-refractivity contribution in [3.63, 3.8) is 0 Å². The number of furan rings is 1. The van der Waals surface area contributed by atoms with Crippen LogP contribution in [0.3, 0.4) is 0 Å². The summed E-state index contributed by atoms with van der Waals surface area (Å²) in [6.45, 7) is 1.34. The third-order valence-electron chi connectivity index (χ3n) is 2.89. The zero-order valence-electron chi connectivity index (χ0n) is 11.4. The first kappa shape index (κ1) is 15.9. The Morgan fingerprint density at radius 3 is 2.52 bits per heavy atom. The lowest BCUT2D eigenvalue weighted by molar-refractivity contribution is 0.251. The van der Waals surface area contributed by atoms with Gasteiger partial charge in [-0.1, -0.05) is 23.9 Å². The fraction of sp³-hybridized carbons (Fsp3) is 0.333. The van der Waals surface area contributed by atoms with E-state index in [2.05, 4.69) is 5.32 Å². The first-order valence-corrected chi connectivity index (χ1v) is 7.64. The normalized spacial score (nSPS) is 11.2. The van der Waals surface area contributed by atoms with Crippen LogP contribution in [0, 0.1) is 0 Å². The maximum Gasteiger partial charge on any atom is 0.284 e. The van der Waals surface area contributed by atoms with Crippen LogP contribution in [0.4, 0.5) is 8.78 Å². The molecule has 0 spiro atoms. The van der Waals surface area contributed by atoms with Crippen molar-refractivity contribution in [2.75, 3.05) is 6.54 Å². The van der Waals surface area contributed by atoms with Gasteiger partial charge in [0.25, 0.3) is 5.76 Å². The Balaban J connectivity index is 1.67. The second-order valence-corrected chi connectivity index (χ2v) is 5.51. The number of phenolic OH excluding ortho intramolecular Hbond substituents is 1. The van der Waals surface area contributed by atoms with Crippen LogP contribution in [0.1, 0.15) is 17.1 Å². The average molecular weight is 313 g/mol. The molecule has 0 saturated carbocycles. The van der Waals surface area contributed by atoms with Crippen molar-refractivity contribution in [1.82, 2.24) is 5.32 Å². The van der Waals surface area contributed by atoms with E-state index in [0.717, 1.165) is 24.3 Å². The summed E-state index contributed by atoms with van der Waals surface area (Å²) >= 11 is 0.557. The molecule has 6 heteroatoms. The smallest absolute Gasteiger partial charge is 0.284 e. The van der Waals surface area contributed by atoms with Gasteiger partial charge in [-0.3, -0.25) is 0 Å². The quantitative estimate of drug-likeness (QED) is 0.728. The topological polar surface area (TPSA) is 45.4 Å². The van der Waals surface area contributed by atoms with Crippen LogP contribution in [-0.4, -0.2) is 17.4 Å². The second-order valence-electron chi connectivity index (χ2n) is 4.53. The lowest BCUT2D eigenvalue weighted by Gasteiger charge is -2.03. The molecule has 0 fully saturated rings. The van der Waals surface area contributed by atoms with Crippen LogP contribution >= 0.6 is 11.8 Å². The molecule has 1 aromatic heterocycles. The first-order valence-electron chi connectivity index (χ1n) is 6.59. The summed E-state index contributed by atoms with van der Waals surface area (Å²) in [4.78, 5) is 0. The van der Waals surface area contributed by atoms with Gasteiger partial charge in [-0.2, -0.15) is 8.78 Å². The minimum Gasteiger partial charge on any atom is -0.508 e. The Kier molecular flexibility index (Phi) is 6.07. The van der Waals surface area contributed by atoms with E-state index in [-0.39, 0.29) is 11.5 Å². The summed E-state index contributed by atoms with van der Waals surface area (Å²) in [5, 5.41) is 12.4. The highest BCUT2D eigenvalue weighted by Gasteiger charge is 2.07. The fourth-order valence-corrected chi connectivity index (χ4v) is 2.29. The summed E-state index contributed by atoms with van der Waals surface area (Å²) < 4.78 is 29.6. The summed E-state index contributed by atoms with van der Waals surface area (Å²) in [7, 11) is 0. The highest BCUT2D eigenvalue weighted by molar-refractivity contribution is 7.98. The first-order chi connectivity index (χ1) is 10.1. The van der Waals surface area contributed by atoms with E-state index < -0.39 is 5.76 Å². The number of hydrogen-bond donors (Lipinski definition) is 2. The zero-order chi connectivity index (χ0) is 15.1. The van der Waals surface area contributed by atoms with E-state index in [9.17, 15) is 13.9 Å². The van der Waals surface area contributed by atoms with Crippen LogP contribution in [0.5, 0.6) is 5.75 Å². The van der Waals surface area contributed by atoms with E-state index in [1.54, 1.807) is 24.3 Å². The number of aromatic hydroxyl groups is 1. The van der Waals surface area contributed by atoms with Crippen molar-refractivity contribution in [1.29, 1.82) is 0 Å². The second kappa shape index (κ2) is 8.05. The maximum absolute atomic E-state index is 12.1. The summed E-state index contributed by atoms with van der Waals surface area (Å²) in [6.07, 6.45) is 0.842. The minimum atomic E-state index is -2.37. The summed E-state index contributed by atoms with van der Waals surface area (Å²) in [5.74, 6) is -0.620. The molecule has 0 bridgehead atoms. The van der Waals surface area contributed by atoms with Crippen molar-refractivity contribution in [3.8, 4) is 5.75 Å². The Hall–Kier alpha value is -1.53. The molecule has 0 atom stereocenters. The molecule has 1 aromatic carbocycles. The molecular weight excluding hydrogens is 296 g/mol. The molecule has 0 radical (unpaired) electrons. The lowest BCUT2D eigenvalue weighted by atomic mass is 10.1. The Labute approximate surface area is 126 Å². The number of benzene rings is 1. The third kappa shape index (κ3) is 5.77. The van der Waals surface area contributed by atoms with E-state index in [1.807, 2.05) is 12.1 Å².